The lowest BCUT2D eigenvalue weighted by Crippen LogP contribution is -2.41. The molecule has 0 saturated heterocycles. The van der Waals surface area contributed by atoms with Crippen LogP contribution in [0.25, 0.3) is 0 Å². The molecule has 0 aromatic heterocycles. The Labute approximate surface area is 163 Å². The highest BCUT2D eigenvalue weighted by Crippen LogP contribution is 2.26. The van der Waals surface area contributed by atoms with Gasteiger partial charge in [0.05, 0.1) is 33.3 Å². The number of nitro benzene ring substituents is 2. The van der Waals surface area contributed by atoms with Gasteiger partial charge in [0.25, 0.3) is 17.3 Å². The third-order valence-corrected chi connectivity index (χ3v) is 4.81. The standard InChI is InChI=1S/C17H15N5O5S/c23-17(11-4-2-1-3-5-11)18-15-9-28-10-16(15)20-19-12-6-13(21(24)25)8-14(7-12)22(26)27/h1-8,10,15,19-20H,9H2,(H,18,23)/t15-/m0/s1. The van der Waals surface area contributed by atoms with E-state index in [0.717, 1.165) is 6.07 Å². The van der Waals surface area contributed by atoms with Gasteiger partial charge in [-0.1, -0.05) is 18.2 Å². The normalized spacial score (nSPS) is 15.4. The zero-order valence-electron chi connectivity index (χ0n) is 14.3. The molecule has 1 heterocycles. The number of carbonyl (C=O) groups is 1. The number of non-ortho nitro benzene ring substituents is 2. The van der Waals surface area contributed by atoms with Crippen molar-refractivity contribution in [1.82, 2.24) is 10.7 Å². The third kappa shape index (κ3) is 4.57. The van der Waals surface area contributed by atoms with E-state index in [0.29, 0.717) is 17.0 Å². The molecule has 10 nitrogen and oxygen atoms in total. The fourth-order valence-electron chi connectivity index (χ4n) is 2.50. The number of amides is 1. The molecule has 1 aliphatic rings. The number of nitrogens with one attached hydrogen (secondary N) is 3. The molecule has 3 N–H and O–H groups in total. The maximum absolute atomic E-state index is 12.3. The highest BCUT2D eigenvalue weighted by Gasteiger charge is 2.23. The van der Waals surface area contributed by atoms with Gasteiger partial charge in [-0.3, -0.25) is 25.0 Å². The maximum atomic E-state index is 12.3. The molecule has 0 fully saturated rings. The van der Waals surface area contributed by atoms with Gasteiger partial charge in [-0.2, -0.15) is 0 Å². The molecule has 3 rings (SSSR count). The number of nitro groups is 2. The quantitative estimate of drug-likeness (QED) is 0.475. The first-order valence-corrected chi connectivity index (χ1v) is 9.12. The van der Waals surface area contributed by atoms with Crippen molar-refractivity contribution in [3.8, 4) is 0 Å². The van der Waals surface area contributed by atoms with Gasteiger partial charge in [0.15, 0.2) is 0 Å². The summed E-state index contributed by atoms with van der Waals surface area (Å²) in [6.07, 6.45) is 0. The number of thioether (sulfide) groups is 1. The van der Waals surface area contributed by atoms with Crippen LogP contribution in [0.4, 0.5) is 17.1 Å². The number of anilines is 1. The Morgan fingerprint density at radius 1 is 1.00 bits per heavy atom. The van der Waals surface area contributed by atoms with Crippen molar-refractivity contribution in [2.24, 2.45) is 0 Å². The minimum atomic E-state index is -0.703. The molecule has 1 amide bonds. The Kier molecular flexibility index (Phi) is 5.75. The summed E-state index contributed by atoms with van der Waals surface area (Å²) in [5, 5.41) is 26.6. The molecule has 0 radical (unpaired) electrons. The van der Waals surface area contributed by atoms with Gasteiger partial charge in [0.2, 0.25) is 0 Å². The molecule has 2 aromatic rings. The van der Waals surface area contributed by atoms with Crippen LogP contribution in [0, 0.1) is 20.2 Å². The summed E-state index contributed by atoms with van der Waals surface area (Å²) in [6.45, 7) is 0. The van der Waals surface area contributed by atoms with E-state index in [-0.39, 0.29) is 17.6 Å². The minimum Gasteiger partial charge on any atom is -0.343 e. The van der Waals surface area contributed by atoms with Crippen LogP contribution >= 0.6 is 11.8 Å². The number of hydrogen-bond donors (Lipinski definition) is 3. The van der Waals surface area contributed by atoms with Crippen LogP contribution in [0.15, 0.2) is 59.6 Å². The van der Waals surface area contributed by atoms with Crippen LogP contribution < -0.4 is 16.2 Å². The molecule has 0 unspecified atom stereocenters. The molecule has 1 aliphatic heterocycles. The van der Waals surface area contributed by atoms with E-state index in [1.807, 2.05) is 6.07 Å². The average molecular weight is 401 g/mol. The van der Waals surface area contributed by atoms with Crippen molar-refractivity contribution < 1.29 is 14.6 Å². The highest BCUT2D eigenvalue weighted by molar-refractivity contribution is 8.02. The van der Waals surface area contributed by atoms with E-state index in [1.54, 1.807) is 29.7 Å². The summed E-state index contributed by atoms with van der Waals surface area (Å²) < 4.78 is 0. The summed E-state index contributed by atoms with van der Waals surface area (Å²) >= 11 is 1.48. The summed E-state index contributed by atoms with van der Waals surface area (Å²) in [6, 6.07) is 11.7. The van der Waals surface area contributed by atoms with E-state index in [4.69, 9.17) is 0 Å². The molecule has 2 aromatic carbocycles. The summed E-state index contributed by atoms with van der Waals surface area (Å²) in [4.78, 5) is 32.8. The fraction of sp³-hybridized carbons (Fsp3) is 0.118. The monoisotopic (exact) mass is 401 g/mol. The second-order valence-electron chi connectivity index (χ2n) is 5.80. The molecule has 28 heavy (non-hydrogen) atoms. The lowest BCUT2D eigenvalue weighted by Gasteiger charge is -2.19. The zero-order chi connectivity index (χ0) is 20.1. The number of carbonyl (C=O) groups excluding carboxylic acids is 1. The first-order chi connectivity index (χ1) is 13.4. The lowest BCUT2D eigenvalue weighted by atomic mass is 10.2. The number of rotatable bonds is 7. The Hall–Kier alpha value is -3.60. The summed E-state index contributed by atoms with van der Waals surface area (Å²) in [5.41, 5.74) is 6.12. The van der Waals surface area contributed by atoms with E-state index in [2.05, 4.69) is 16.2 Å². The Balaban J connectivity index is 1.67. The molecule has 0 bridgehead atoms. The predicted octanol–water partition coefficient (Wildman–Crippen LogP) is 2.81. The van der Waals surface area contributed by atoms with Crippen molar-refractivity contribution >= 4 is 34.7 Å². The molecular formula is C17H15N5O5S. The SMILES string of the molecule is O=C(N[C@H]1CSC=C1NNc1cc([N+](=O)[O-])cc([N+](=O)[O-])c1)c1ccccc1. The number of nitrogens with zero attached hydrogens (tertiary/aromatic N) is 2. The number of hydrazine groups is 1. The van der Waals surface area contributed by atoms with Crippen LogP contribution in [-0.4, -0.2) is 27.5 Å². The molecule has 0 spiro atoms. The van der Waals surface area contributed by atoms with Crippen molar-refractivity contribution in [2.75, 3.05) is 11.2 Å². The van der Waals surface area contributed by atoms with Gasteiger partial charge < -0.3 is 16.2 Å². The summed E-state index contributed by atoms with van der Waals surface area (Å²) in [7, 11) is 0. The first-order valence-electron chi connectivity index (χ1n) is 8.07. The van der Waals surface area contributed by atoms with E-state index in [1.165, 1.54) is 23.9 Å². The minimum absolute atomic E-state index is 0.159. The Morgan fingerprint density at radius 3 is 2.25 bits per heavy atom. The van der Waals surface area contributed by atoms with Crippen LogP contribution in [0.3, 0.4) is 0 Å². The largest absolute Gasteiger partial charge is 0.343 e. The molecule has 11 heteroatoms. The van der Waals surface area contributed by atoms with Gasteiger partial charge >= 0.3 is 0 Å². The number of benzene rings is 2. The van der Waals surface area contributed by atoms with E-state index < -0.39 is 21.2 Å². The Bertz CT molecular complexity index is 918. The maximum Gasteiger partial charge on any atom is 0.278 e. The topological polar surface area (TPSA) is 139 Å². The van der Waals surface area contributed by atoms with Crippen LogP contribution in [0.5, 0.6) is 0 Å². The highest BCUT2D eigenvalue weighted by atomic mass is 32.2. The van der Waals surface area contributed by atoms with Crippen molar-refractivity contribution in [2.45, 2.75) is 6.04 Å². The molecular weight excluding hydrogens is 386 g/mol. The average Bonchev–Trinajstić information content (AvgIpc) is 3.13. The molecule has 144 valence electrons. The van der Waals surface area contributed by atoms with Gasteiger partial charge in [-0.15, -0.1) is 11.8 Å². The smallest absolute Gasteiger partial charge is 0.278 e. The molecule has 0 saturated carbocycles. The zero-order valence-corrected chi connectivity index (χ0v) is 15.1. The van der Waals surface area contributed by atoms with Crippen LogP contribution in [0.2, 0.25) is 0 Å². The molecule has 1 atom stereocenters. The second-order valence-corrected chi connectivity index (χ2v) is 6.70. The van der Waals surface area contributed by atoms with E-state index in [9.17, 15) is 25.0 Å². The lowest BCUT2D eigenvalue weighted by molar-refractivity contribution is -0.394. The second kappa shape index (κ2) is 8.39. The Morgan fingerprint density at radius 2 is 1.64 bits per heavy atom. The first kappa shape index (κ1) is 19.2. The van der Waals surface area contributed by atoms with Crippen molar-refractivity contribution in [1.29, 1.82) is 0 Å². The predicted molar refractivity (Wildman–Crippen MR) is 105 cm³/mol. The molecule has 0 aliphatic carbocycles. The number of hydrogen-bond acceptors (Lipinski definition) is 8. The van der Waals surface area contributed by atoms with Gasteiger partial charge in [-0.05, 0) is 17.5 Å². The third-order valence-electron chi connectivity index (χ3n) is 3.87. The van der Waals surface area contributed by atoms with Gasteiger partial charge in [0, 0.05) is 23.4 Å². The summed E-state index contributed by atoms with van der Waals surface area (Å²) in [5.74, 6) is 0.379. The van der Waals surface area contributed by atoms with E-state index >= 15 is 0 Å². The van der Waals surface area contributed by atoms with Crippen molar-refractivity contribution in [3.63, 3.8) is 0 Å². The van der Waals surface area contributed by atoms with Crippen LogP contribution in [-0.2, 0) is 0 Å². The van der Waals surface area contributed by atoms with Gasteiger partial charge in [-0.25, -0.2) is 0 Å². The van der Waals surface area contributed by atoms with Crippen LogP contribution in [0.1, 0.15) is 10.4 Å². The van der Waals surface area contributed by atoms with Crippen molar-refractivity contribution in [3.05, 3.63) is 85.4 Å². The van der Waals surface area contributed by atoms with Gasteiger partial charge in [0.1, 0.15) is 0 Å². The fourth-order valence-corrected chi connectivity index (χ4v) is 3.45.